The Kier molecular flexibility index (Phi) is 29.3. The van der Waals surface area contributed by atoms with Gasteiger partial charge in [0.25, 0.3) is 0 Å². The lowest BCUT2D eigenvalue weighted by molar-refractivity contribution is 0.560. The predicted molar refractivity (Wildman–Crippen MR) is 137 cm³/mol. The molecule has 0 aliphatic carbocycles. The fraction of sp³-hybridized carbons (Fsp3) is 0.926. The molecule has 0 heterocycles. The predicted octanol–water partition coefficient (Wildman–Crippen LogP) is 10.8. The van der Waals surface area contributed by atoms with Gasteiger partial charge in [-0.3, -0.25) is 0 Å². The molecule has 0 saturated carbocycles. The summed E-state index contributed by atoms with van der Waals surface area (Å²) in [4.78, 5) is 0. The van der Waals surface area contributed by atoms with Crippen molar-refractivity contribution in [2.45, 2.75) is 161 Å². The topological polar surface area (TPSA) is 0 Å². The summed E-state index contributed by atoms with van der Waals surface area (Å²) in [6.07, 6.45) is 27.8. The highest BCUT2D eigenvalue weighted by Crippen LogP contribution is 2.26. The molecule has 28 heavy (non-hydrogen) atoms. The van der Waals surface area contributed by atoms with Gasteiger partial charge in [0.05, 0.1) is 0 Å². The zero-order valence-corrected chi connectivity index (χ0v) is 21.4. The number of unbranched alkanes of at least 4 members (excludes halogenated alkanes) is 14. The molecule has 0 saturated heterocycles. The number of thioether (sulfide) groups is 1. The van der Waals surface area contributed by atoms with Gasteiger partial charge in [0, 0.05) is 10.5 Å². The minimum absolute atomic E-state index is 0.865. The van der Waals surface area contributed by atoms with Crippen molar-refractivity contribution in [1.29, 1.82) is 0 Å². The maximum absolute atomic E-state index is 3.36. The molecule has 0 N–H and O–H groups in total. The molecule has 0 bridgehead atoms. The standard InChI is InChI=1S/C24H50S.C3H6/c1-5-7-9-11-13-15-17-19-21-23(3)25-24(4)22-20-18-16-14-12-10-8-6-2;1-3-2/h23-24H,5-22H2,1-4H3;3H,1H2,2H3. The van der Waals surface area contributed by atoms with Crippen LogP contribution in [0.4, 0.5) is 0 Å². The largest absolute Gasteiger partial charge is 0.156 e. The molecule has 2 atom stereocenters. The summed E-state index contributed by atoms with van der Waals surface area (Å²) in [5.41, 5.74) is 0. The van der Waals surface area contributed by atoms with Crippen molar-refractivity contribution >= 4 is 11.8 Å². The molecule has 0 radical (unpaired) electrons. The van der Waals surface area contributed by atoms with E-state index in [1.165, 1.54) is 116 Å². The highest BCUT2D eigenvalue weighted by atomic mass is 32.2. The average Bonchev–Trinajstić information content (AvgIpc) is 2.66. The Bertz CT molecular complexity index is 249. The molecule has 0 spiro atoms. The van der Waals surface area contributed by atoms with Gasteiger partial charge in [0.2, 0.25) is 0 Å². The van der Waals surface area contributed by atoms with Gasteiger partial charge < -0.3 is 0 Å². The van der Waals surface area contributed by atoms with Gasteiger partial charge in [-0.15, -0.1) is 6.58 Å². The fourth-order valence-electron chi connectivity index (χ4n) is 3.66. The van der Waals surface area contributed by atoms with Crippen LogP contribution < -0.4 is 0 Å². The smallest absolute Gasteiger partial charge is 0.00213 e. The minimum atomic E-state index is 0.865. The highest BCUT2D eigenvalue weighted by molar-refractivity contribution is 8.00. The van der Waals surface area contributed by atoms with E-state index in [9.17, 15) is 0 Å². The van der Waals surface area contributed by atoms with E-state index in [0.29, 0.717) is 0 Å². The number of rotatable bonds is 20. The molecule has 170 valence electrons. The normalized spacial score (nSPS) is 12.9. The quantitative estimate of drug-likeness (QED) is 0.141. The van der Waals surface area contributed by atoms with Crippen molar-refractivity contribution in [1.82, 2.24) is 0 Å². The number of allylic oxidation sites excluding steroid dienone is 1. The van der Waals surface area contributed by atoms with Crippen molar-refractivity contribution < 1.29 is 0 Å². The van der Waals surface area contributed by atoms with E-state index in [1.807, 2.05) is 6.92 Å². The summed E-state index contributed by atoms with van der Waals surface area (Å²) >= 11 is 2.25. The second-order valence-electron chi connectivity index (χ2n) is 8.69. The molecule has 0 amide bonds. The first-order chi connectivity index (χ1) is 13.6. The molecule has 2 unspecified atom stereocenters. The monoisotopic (exact) mass is 412 g/mol. The summed E-state index contributed by atoms with van der Waals surface area (Å²) in [6.45, 7) is 14.8. The molecular weight excluding hydrogens is 356 g/mol. The van der Waals surface area contributed by atoms with Gasteiger partial charge in [-0.05, 0) is 19.8 Å². The van der Waals surface area contributed by atoms with Crippen molar-refractivity contribution in [3.05, 3.63) is 12.7 Å². The average molecular weight is 413 g/mol. The van der Waals surface area contributed by atoms with E-state index < -0.39 is 0 Å². The molecule has 0 aliphatic heterocycles. The van der Waals surface area contributed by atoms with Crippen LogP contribution in [0.1, 0.15) is 150 Å². The number of hydrogen-bond acceptors (Lipinski definition) is 1. The maximum atomic E-state index is 3.36. The first-order valence-electron chi connectivity index (χ1n) is 12.8. The van der Waals surface area contributed by atoms with E-state index in [-0.39, 0.29) is 0 Å². The van der Waals surface area contributed by atoms with Crippen LogP contribution >= 0.6 is 11.8 Å². The minimum Gasteiger partial charge on any atom is -0.156 e. The third kappa shape index (κ3) is 28.3. The van der Waals surface area contributed by atoms with Gasteiger partial charge in [-0.2, -0.15) is 11.8 Å². The summed E-state index contributed by atoms with van der Waals surface area (Å²) < 4.78 is 0. The third-order valence-corrected chi connectivity index (χ3v) is 6.79. The van der Waals surface area contributed by atoms with Crippen LogP contribution in [-0.4, -0.2) is 10.5 Å². The summed E-state index contributed by atoms with van der Waals surface area (Å²) in [5, 5.41) is 1.73. The Hall–Kier alpha value is 0.0900. The summed E-state index contributed by atoms with van der Waals surface area (Å²) in [6, 6.07) is 0. The molecule has 1 heteroatoms. The zero-order valence-electron chi connectivity index (χ0n) is 20.6. The second-order valence-corrected chi connectivity index (χ2v) is 10.6. The lowest BCUT2D eigenvalue weighted by Gasteiger charge is -2.17. The Morgan fingerprint density at radius 3 is 1.11 bits per heavy atom. The third-order valence-electron chi connectivity index (χ3n) is 5.39. The molecule has 0 fully saturated rings. The van der Waals surface area contributed by atoms with Crippen molar-refractivity contribution in [3.63, 3.8) is 0 Å². The lowest BCUT2D eigenvalue weighted by Crippen LogP contribution is -2.05. The molecule has 0 aromatic heterocycles. The Morgan fingerprint density at radius 1 is 0.571 bits per heavy atom. The Balaban J connectivity index is 0. The SMILES string of the molecule is C=CC.CCCCCCCCCCC(C)SC(C)CCCCCCCCCC. The van der Waals surface area contributed by atoms with Gasteiger partial charge in [0.1, 0.15) is 0 Å². The molecule has 0 aromatic carbocycles. The van der Waals surface area contributed by atoms with Crippen LogP contribution in [0.3, 0.4) is 0 Å². The van der Waals surface area contributed by atoms with Crippen LogP contribution in [0, 0.1) is 0 Å². The van der Waals surface area contributed by atoms with Crippen LogP contribution in [0.2, 0.25) is 0 Å². The van der Waals surface area contributed by atoms with E-state index in [2.05, 4.69) is 46.0 Å². The van der Waals surface area contributed by atoms with E-state index in [0.717, 1.165) is 10.5 Å². The van der Waals surface area contributed by atoms with Gasteiger partial charge in [-0.1, -0.05) is 137 Å². The maximum Gasteiger partial charge on any atom is 0.00213 e. The van der Waals surface area contributed by atoms with Gasteiger partial charge in [0.15, 0.2) is 0 Å². The van der Waals surface area contributed by atoms with E-state index >= 15 is 0 Å². The Morgan fingerprint density at radius 2 is 0.821 bits per heavy atom. The second kappa shape index (κ2) is 27.1. The molecule has 0 rings (SSSR count). The van der Waals surface area contributed by atoms with Gasteiger partial charge in [-0.25, -0.2) is 0 Å². The van der Waals surface area contributed by atoms with E-state index in [1.54, 1.807) is 6.08 Å². The first-order valence-corrected chi connectivity index (χ1v) is 13.8. The number of hydrogen-bond donors (Lipinski definition) is 0. The molecular formula is C27H56S. The zero-order chi connectivity index (χ0) is 21.3. The van der Waals surface area contributed by atoms with E-state index in [4.69, 9.17) is 0 Å². The first kappa shape index (κ1) is 30.3. The van der Waals surface area contributed by atoms with Crippen molar-refractivity contribution in [2.75, 3.05) is 0 Å². The van der Waals surface area contributed by atoms with Gasteiger partial charge >= 0.3 is 0 Å². The molecule has 0 nitrogen and oxygen atoms in total. The van der Waals surface area contributed by atoms with Crippen LogP contribution in [0.15, 0.2) is 12.7 Å². The Labute approximate surface area is 185 Å². The lowest BCUT2D eigenvalue weighted by atomic mass is 10.1. The summed E-state index contributed by atoms with van der Waals surface area (Å²) in [5.74, 6) is 0. The van der Waals surface area contributed by atoms with Crippen LogP contribution in [0.5, 0.6) is 0 Å². The molecule has 0 aromatic rings. The summed E-state index contributed by atoms with van der Waals surface area (Å²) in [7, 11) is 0. The molecule has 0 aliphatic rings. The van der Waals surface area contributed by atoms with Crippen LogP contribution in [0.25, 0.3) is 0 Å². The highest BCUT2D eigenvalue weighted by Gasteiger charge is 2.09. The van der Waals surface area contributed by atoms with Crippen molar-refractivity contribution in [2.24, 2.45) is 0 Å². The fourth-order valence-corrected chi connectivity index (χ4v) is 5.06. The van der Waals surface area contributed by atoms with Crippen molar-refractivity contribution in [3.8, 4) is 0 Å². The van der Waals surface area contributed by atoms with Crippen LogP contribution in [-0.2, 0) is 0 Å².